The van der Waals surface area contributed by atoms with Crippen molar-refractivity contribution in [1.29, 1.82) is 0 Å². The molecule has 10 heteroatoms. The second-order valence-corrected chi connectivity index (χ2v) is 11.5. The van der Waals surface area contributed by atoms with Gasteiger partial charge in [-0.15, -0.1) is 0 Å². The molecule has 5 aromatic rings. The molecular weight excluding hydrogens is 590 g/mol. The second-order valence-electron chi connectivity index (χ2n) is 10.5. The maximum Gasteiger partial charge on any atom is 0.338 e. The molecular formula is C35H33N3O6S. The highest BCUT2D eigenvalue weighted by atomic mass is 32.1. The number of para-hydroxylation sites is 1. The Morgan fingerprint density at radius 3 is 2.33 bits per heavy atom. The molecule has 3 heterocycles. The number of benzene rings is 3. The van der Waals surface area contributed by atoms with Gasteiger partial charge in [0.15, 0.2) is 16.3 Å². The Balaban J connectivity index is 1.55. The minimum absolute atomic E-state index is 0.176. The summed E-state index contributed by atoms with van der Waals surface area (Å²) in [6.45, 7) is 4.37. The Labute approximate surface area is 263 Å². The van der Waals surface area contributed by atoms with Crippen molar-refractivity contribution in [3.63, 3.8) is 0 Å². The van der Waals surface area contributed by atoms with Gasteiger partial charge >= 0.3 is 5.97 Å². The fourth-order valence-electron chi connectivity index (χ4n) is 5.81. The van der Waals surface area contributed by atoms with Gasteiger partial charge in [0.2, 0.25) is 5.75 Å². The van der Waals surface area contributed by atoms with Crippen molar-refractivity contribution in [2.75, 3.05) is 27.9 Å². The lowest BCUT2D eigenvalue weighted by Gasteiger charge is -2.26. The number of rotatable bonds is 9. The summed E-state index contributed by atoms with van der Waals surface area (Å²) in [7, 11) is 4.57. The molecule has 0 aliphatic carbocycles. The third-order valence-corrected chi connectivity index (χ3v) is 8.80. The lowest BCUT2D eigenvalue weighted by molar-refractivity contribution is -0.139. The van der Waals surface area contributed by atoms with Crippen LogP contribution in [0.2, 0.25) is 0 Å². The number of carbonyl (C=O) groups is 1. The predicted molar refractivity (Wildman–Crippen MR) is 174 cm³/mol. The average Bonchev–Trinajstić information content (AvgIpc) is 3.55. The molecule has 1 atom stereocenters. The molecule has 0 fully saturated rings. The Bertz CT molecular complexity index is 2100. The SMILES string of the molecule is CCOC(=O)C1=C(C)N=c2s/c(=C\c3cn(Cc4ccccc4)c4ccccc34)c(=O)n2[C@@H]1c1cc(OC)c(OC)c(OC)c1. The van der Waals surface area contributed by atoms with Crippen molar-refractivity contribution in [1.82, 2.24) is 9.13 Å². The van der Waals surface area contributed by atoms with Crippen LogP contribution in [0.15, 0.2) is 94.0 Å². The number of carbonyl (C=O) groups excluding carboxylic acids is 1. The average molecular weight is 624 g/mol. The number of allylic oxidation sites excluding steroid dienone is 1. The van der Waals surface area contributed by atoms with E-state index in [-0.39, 0.29) is 17.7 Å². The highest BCUT2D eigenvalue weighted by Gasteiger charge is 2.34. The lowest BCUT2D eigenvalue weighted by atomic mass is 9.95. The first-order chi connectivity index (χ1) is 21.9. The van der Waals surface area contributed by atoms with Gasteiger partial charge < -0.3 is 23.5 Å². The van der Waals surface area contributed by atoms with Crippen LogP contribution in [0.1, 0.15) is 36.6 Å². The van der Waals surface area contributed by atoms with Gasteiger partial charge in [-0.2, -0.15) is 0 Å². The topological polar surface area (TPSA) is 93.3 Å². The number of fused-ring (bicyclic) bond motifs is 2. The van der Waals surface area contributed by atoms with Gasteiger partial charge in [0, 0.05) is 29.2 Å². The second kappa shape index (κ2) is 12.5. The molecule has 1 aliphatic heterocycles. The van der Waals surface area contributed by atoms with E-state index in [2.05, 4.69) is 35.0 Å². The summed E-state index contributed by atoms with van der Waals surface area (Å²) in [6, 6.07) is 21.1. The third kappa shape index (κ3) is 5.42. The van der Waals surface area contributed by atoms with Gasteiger partial charge in [-0.05, 0) is 49.2 Å². The molecule has 0 N–H and O–H groups in total. The zero-order chi connectivity index (χ0) is 31.7. The van der Waals surface area contributed by atoms with E-state index in [1.807, 2.05) is 36.4 Å². The molecule has 230 valence electrons. The van der Waals surface area contributed by atoms with Gasteiger partial charge in [0.1, 0.15) is 0 Å². The van der Waals surface area contributed by atoms with Crippen molar-refractivity contribution >= 4 is 34.3 Å². The summed E-state index contributed by atoms with van der Waals surface area (Å²) in [5.41, 5.74) is 4.22. The Morgan fingerprint density at radius 1 is 0.978 bits per heavy atom. The highest BCUT2D eigenvalue weighted by molar-refractivity contribution is 7.07. The monoisotopic (exact) mass is 623 g/mol. The van der Waals surface area contributed by atoms with E-state index in [0.29, 0.717) is 44.4 Å². The molecule has 0 radical (unpaired) electrons. The number of thiazole rings is 1. The van der Waals surface area contributed by atoms with Gasteiger partial charge in [-0.1, -0.05) is 59.9 Å². The number of nitrogens with zero attached hydrogens (tertiary/aromatic N) is 3. The van der Waals surface area contributed by atoms with E-state index in [1.165, 1.54) is 38.2 Å². The van der Waals surface area contributed by atoms with Crippen LogP contribution in [-0.2, 0) is 16.1 Å². The molecule has 0 amide bonds. The maximum atomic E-state index is 14.3. The number of hydrogen-bond donors (Lipinski definition) is 0. The first-order valence-corrected chi connectivity index (χ1v) is 15.3. The number of hydrogen-bond acceptors (Lipinski definition) is 8. The van der Waals surface area contributed by atoms with Crippen LogP contribution < -0.4 is 29.1 Å². The number of esters is 1. The van der Waals surface area contributed by atoms with Gasteiger partial charge in [0.05, 0.1) is 49.8 Å². The minimum Gasteiger partial charge on any atom is -0.493 e. The van der Waals surface area contributed by atoms with Crippen molar-refractivity contribution in [3.05, 3.63) is 121 Å². The standard InChI is InChI=1S/C35H33N3O6S/c1-6-44-34(40)30-21(2)36-35-38(31(30)23-16-27(41-3)32(43-5)28(17-23)42-4)33(39)29(45-35)18-24-20-37(19-22-12-8-7-9-13-22)26-15-11-10-14-25(24)26/h7-18,20,31H,6,19H2,1-5H3/b29-18-/t31-/m1/s1. The molecule has 3 aromatic carbocycles. The van der Waals surface area contributed by atoms with Crippen LogP contribution >= 0.6 is 11.3 Å². The summed E-state index contributed by atoms with van der Waals surface area (Å²) >= 11 is 1.28. The smallest absolute Gasteiger partial charge is 0.338 e. The normalized spacial score (nSPS) is 14.7. The Hall–Kier alpha value is -5.09. The fraction of sp³-hybridized carbons (Fsp3) is 0.229. The summed E-state index contributed by atoms with van der Waals surface area (Å²) in [5, 5.41) is 1.03. The fourth-order valence-corrected chi connectivity index (χ4v) is 6.85. The van der Waals surface area contributed by atoms with Crippen LogP contribution in [0, 0.1) is 0 Å². The van der Waals surface area contributed by atoms with E-state index in [9.17, 15) is 9.59 Å². The van der Waals surface area contributed by atoms with E-state index >= 15 is 0 Å². The van der Waals surface area contributed by atoms with E-state index in [0.717, 1.165) is 16.5 Å². The number of aromatic nitrogens is 2. The molecule has 0 bridgehead atoms. The summed E-state index contributed by atoms with van der Waals surface area (Å²) < 4.78 is 26.4. The number of methoxy groups -OCH3 is 3. The van der Waals surface area contributed by atoms with E-state index in [4.69, 9.17) is 23.9 Å². The minimum atomic E-state index is -0.837. The van der Waals surface area contributed by atoms with Crippen LogP contribution in [-0.4, -0.2) is 43.0 Å². The molecule has 0 unspecified atom stereocenters. The summed E-state index contributed by atoms with van der Waals surface area (Å²) in [6.07, 6.45) is 3.98. The first-order valence-electron chi connectivity index (χ1n) is 14.5. The predicted octanol–water partition coefficient (Wildman–Crippen LogP) is 4.83. The quantitative estimate of drug-likeness (QED) is 0.219. The van der Waals surface area contributed by atoms with Crippen LogP contribution in [0.25, 0.3) is 17.0 Å². The van der Waals surface area contributed by atoms with Crippen LogP contribution in [0.5, 0.6) is 17.2 Å². The van der Waals surface area contributed by atoms with Gasteiger partial charge in [0.25, 0.3) is 5.56 Å². The molecule has 45 heavy (non-hydrogen) atoms. The summed E-state index contributed by atoms with van der Waals surface area (Å²) in [5.74, 6) is 0.660. The van der Waals surface area contributed by atoms with Crippen LogP contribution in [0.4, 0.5) is 0 Å². The molecule has 9 nitrogen and oxygen atoms in total. The first kappa shape index (κ1) is 30.0. The van der Waals surface area contributed by atoms with Crippen molar-refractivity contribution in [2.24, 2.45) is 4.99 Å². The maximum absolute atomic E-state index is 14.3. The zero-order valence-electron chi connectivity index (χ0n) is 25.7. The zero-order valence-corrected chi connectivity index (χ0v) is 26.5. The molecule has 0 spiro atoms. The van der Waals surface area contributed by atoms with Crippen molar-refractivity contribution in [2.45, 2.75) is 26.4 Å². The molecule has 6 rings (SSSR count). The van der Waals surface area contributed by atoms with Crippen LogP contribution in [0.3, 0.4) is 0 Å². The highest BCUT2D eigenvalue weighted by Crippen LogP contribution is 2.42. The third-order valence-electron chi connectivity index (χ3n) is 7.82. The molecule has 2 aromatic heterocycles. The van der Waals surface area contributed by atoms with Crippen molar-refractivity contribution in [3.8, 4) is 17.2 Å². The molecule has 0 saturated carbocycles. The molecule has 1 aliphatic rings. The van der Waals surface area contributed by atoms with E-state index in [1.54, 1.807) is 30.5 Å². The number of ether oxygens (including phenoxy) is 4. The lowest BCUT2D eigenvalue weighted by Crippen LogP contribution is -2.40. The van der Waals surface area contributed by atoms with Crippen molar-refractivity contribution < 1.29 is 23.7 Å². The summed E-state index contributed by atoms with van der Waals surface area (Å²) in [4.78, 5) is 32.9. The largest absolute Gasteiger partial charge is 0.493 e. The van der Waals surface area contributed by atoms with Gasteiger partial charge in [-0.3, -0.25) is 9.36 Å². The molecule has 0 saturated heterocycles. The Morgan fingerprint density at radius 2 is 1.67 bits per heavy atom. The Kier molecular flexibility index (Phi) is 8.32. The van der Waals surface area contributed by atoms with E-state index < -0.39 is 12.0 Å². The van der Waals surface area contributed by atoms with Gasteiger partial charge in [-0.25, -0.2) is 9.79 Å².